The summed E-state index contributed by atoms with van der Waals surface area (Å²) in [4.78, 5) is 24.6. The van der Waals surface area contributed by atoms with Crippen molar-refractivity contribution in [2.45, 2.75) is 56.1 Å². The molecule has 2 fully saturated rings. The van der Waals surface area contributed by atoms with E-state index in [0.717, 1.165) is 5.56 Å². The summed E-state index contributed by atoms with van der Waals surface area (Å²) in [5.74, 6) is -0.598. The number of nitrogens with one attached hydrogen (secondary N) is 2. The van der Waals surface area contributed by atoms with Crippen molar-refractivity contribution in [3.8, 4) is 5.75 Å². The van der Waals surface area contributed by atoms with E-state index in [2.05, 4.69) is 5.32 Å². The molecule has 3 N–H and O–H groups in total. The maximum absolute atomic E-state index is 12.6. The van der Waals surface area contributed by atoms with Crippen LogP contribution in [-0.2, 0) is 19.1 Å². The van der Waals surface area contributed by atoms with Gasteiger partial charge in [0.05, 0.1) is 19.1 Å². The van der Waals surface area contributed by atoms with Crippen LogP contribution in [0.5, 0.6) is 5.75 Å². The third kappa shape index (κ3) is 5.77. The van der Waals surface area contributed by atoms with Gasteiger partial charge < -0.3 is 30.0 Å². The van der Waals surface area contributed by atoms with Crippen molar-refractivity contribution in [1.82, 2.24) is 5.32 Å². The molecule has 2 saturated heterocycles. The van der Waals surface area contributed by atoms with Crippen LogP contribution in [0, 0.1) is 5.92 Å². The third-order valence-electron chi connectivity index (χ3n) is 6.26. The monoisotopic (exact) mass is 472 g/mol. The molecule has 4 atom stereocenters. The maximum Gasteiger partial charge on any atom is 0.405 e. The van der Waals surface area contributed by atoms with Gasteiger partial charge in [-0.15, -0.1) is 0 Å². The van der Waals surface area contributed by atoms with Gasteiger partial charge in [-0.05, 0) is 37.5 Å². The number of alkyl halides is 3. The summed E-state index contributed by atoms with van der Waals surface area (Å²) in [6, 6.07) is 5.30. The van der Waals surface area contributed by atoms with Gasteiger partial charge in [0.15, 0.2) is 0 Å². The molecule has 0 unspecified atom stereocenters. The number of rotatable bonds is 6. The lowest BCUT2D eigenvalue weighted by Crippen LogP contribution is -2.47. The molecule has 8 nitrogen and oxygen atoms in total. The Balaban J connectivity index is 1.43. The summed E-state index contributed by atoms with van der Waals surface area (Å²) >= 11 is 0. The van der Waals surface area contributed by atoms with E-state index < -0.39 is 36.9 Å². The Bertz CT molecular complexity index is 874. The number of hydrogen-bond donors (Lipinski definition) is 3. The highest BCUT2D eigenvalue weighted by molar-refractivity contribution is 5.92. The van der Waals surface area contributed by atoms with Gasteiger partial charge in [0.25, 0.3) is 0 Å². The number of hydrogen-bond acceptors (Lipinski definition) is 6. The first-order valence-corrected chi connectivity index (χ1v) is 11.0. The van der Waals surface area contributed by atoms with Crippen LogP contribution in [-0.4, -0.2) is 67.8 Å². The van der Waals surface area contributed by atoms with E-state index in [1.165, 1.54) is 0 Å². The highest BCUT2D eigenvalue weighted by Crippen LogP contribution is 2.47. The smallest absolute Gasteiger partial charge is 0.405 e. The van der Waals surface area contributed by atoms with Crippen molar-refractivity contribution < 1.29 is 42.1 Å². The number of aliphatic hydroxyl groups excluding tert-OH is 1. The minimum Gasteiger partial charge on any atom is -0.487 e. The maximum atomic E-state index is 12.6. The minimum absolute atomic E-state index is 0.0758. The molecule has 2 amide bonds. The molecule has 3 aliphatic rings. The summed E-state index contributed by atoms with van der Waals surface area (Å²) in [6.45, 7) is -0.653. The van der Waals surface area contributed by atoms with Crippen molar-refractivity contribution >= 4 is 17.5 Å². The number of amides is 2. The molecule has 0 bridgehead atoms. The minimum atomic E-state index is -4.49. The average molecular weight is 472 g/mol. The Morgan fingerprint density at radius 3 is 2.64 bits per heavy atom. The molecule has 0 saturated carbocycles. The van der Waals surface area contributed by atoms with Crippen molar-refractivity contribution in [1.29, 1.82) is 0 Å². The van der Waals surface area contributed by atoms with Gasteiger partial charge in [0.1, 0.15) is 24.5 Å². The van der Waals surface area contributed by atoms with Crippen LogP contribution >= 0.6 is 0 Å². The van der Waals surface area contributed by atoms with Gasteiger partial charge in [0.2, 0.25) is 11.8 Å². The normalized spacial score (nSPS) is 27.3. The number of halogens is 3. The zero-order valence-electron chi connectivity index (χ0n) is 17.9. The van der Waals surface area contributed by atoms with Crippen LogP contribution in [0.15, 0.2) is 18.2 Å². The molecule has 0 radical (unpaired) electrons. The fraction of sp³-hybridized carbons (Fsp3) is 0.636. The topological polar surface area (TPSA) is 106 Å². The SMILES string of the molecule is O=C(C[C@H]1C[C@@H]2c3cc(NC(=O)C4CCOCC4)ccc3O[C@@H]2[C@H](CO)O1)NCC(F)(F)F. The van der Waals surface area contributed by atoms with Crippen LogP contribution in [0.3, 0.4) is 0 Å². The Morgan fingerprint density at radius 2 is 1.94 bits per heavy atom. The predicted molar refractivity (Wildman–Crippen MR) is 110 cm³/mol. The molecule has 182 valence electrons. The van der Waals surface area contributed by atoms with E-state index in [-0.39, 0.29) is 30.8 Å². The summed E-state index contributed by atoms with van der Waals surface area (Å²) < 4.78 is 54.1. The second-order valence-electron chi connectivity index (χ2n) is 8.63. The summed E-state index contributed by atoms with van der Waals surface area (Å²) in [5, 5.41) is 14.6. The summed E-state index contributed by atoms with van der Waals surface area (Å²) in [5.41, 5.74) is 1.42. The lowest BCUT2D eigenvalue weighted by Gasteiger charge is -2.37. The van der Waals surface area contributed by atoms with Crippen LogP contribution in [0.2, 0.25) is 0 Å². The second-order valence-corrected chi connectivity index (χ2v) is 8.63. The molecule has 3 aliphatic heterocycles. The molecular formula is C22H27F3N2O6. The Labute approximate surface area is 188 Å². The average Bonchev–Trinajstić information content (AvgIpc) is 3.15. The first-order valence-electron chi connectivity index (χ1n) is 11.0. The fourth-order valence-corrected chi connectivity index (χ4v) is 4.65. The number of ether oxygens (including phenoxy) is 3. The van der Waals surface area contributed by atoms with Gasteiger partial charge in [-0.1, -0.05) is 0 Å². The van der Waals surface area contributed by atoms with Gasteiger partial charge in [-0.2, -0.15) is 13.2 Å². The number of benzene rings is 1. The first kappa shape index (κ1) is 23.8. The van der Waals surface area contributed by atoms with Crippen molar-refractivity contribution in [2.24, 2.45) is 5.92 Å². The Kier molecular flexibility index (Phi) is 7.10. The molecule has 1 aromatic carbocycles. The summed E-state index contributed by atoms with van der Waals surface area (Å²) in [6.07, 6.45) is -4.97. The van der Waals surface area contributed by atoms with Crippen LogP contribution in [0.1, 0.15) is 37.2 Å². The van der Waals surface area contributed by atoms with E-state index >= 15 is 0 Å². The highest BCUT2D eigenvalue weighted by Gasteiger charge is 2.46. The molecule has 3 heterocycles. The largest absolute Gasteiger partial charge is 0.487 e. The van der Waals surface area contributed by atoms with E-state index in [0.29, 0.717) is 43.9 Å². The van der Waals surface area contributed by atoms with E-state index in [9.17, 15) is 27.9 Å². The van der Waals surface area contributed by atoms with Crippen molar-refractivity contribution in [3.63, 3.8) is 0 Å². The van der Waals surface area contributed by atoms with Gasteiger partial charge in [0, 0.05) is 36.3 Å². The van der Waals surface area contributed by atoms with Crippen molar-refractivity contribution in [2.75, 3.05) is 31.7 Å². The molecular weight excluding hydrogens is 445 g/mol. The molecule has 1 aromatic rings. The quantitative estimate of drug-likeness (QED) is 0.586. The van der Waals surface area contributed by atoms with Crippen LogP contribution < -0.4 is 15.4 Å². The predicted octanol–water partition coefficient (Wildman–Crippen LogP) is 2.11. The molecule has 11 heteroatoms. The lowest BCUT2D eigenvalue weighted by atomic mass is 9.84. The number of anilines is 1. The molecule has 0 aromatic heterocycles. The molecule has 4 rings (SSSR count). The van der Waals surface area contributed by atoms with Crippen molar-refractivity contribution in [3.05, 3.63) is 23.8 Å². The molecule has 33 heavy (non-hydrogen) atoms. The van der Waals surface area contributed by atoms with Crippen LogP contribution in [0.25, 0.3) is 0 Å². The molecule has 0 aliphatic carbocycles. The number of fused-ring (bicyclic) bond motifs is 3. The zero-order valence-corrected chi connectivity index (χ0v) is 17.9. The van der Waals surface area contributed by atoms with Crippen LogP contribution in [0.4, 0.5) is 18.9 Å². The zero-order chi connectivity index (χ0) is 23.6. The van der Waals surface area contributed by atoms with Gasteiger partial charge in [-0.25, -0.2) is 0 Å². The number of aliphatic hydroxyl groups is 1. The summed E-state index contributed by atoms with van der Waals surface area (Å²) in [7, 11) is 0. The second kappa shape index (κ2) is 9.86. The first-order chi connectivity index (χ1) is 15.7. The standard InChI is InChI=1S/C22H27F3N2O6/c23-22(24,25)11-26-19(29)9-14-8-16-15-7-13(27-21(30)12-3-5-31-6-4-12)1-2-17(15)33-20(16)18(10-28)32-14/h1-2,7,12,14,16,18,20,28H,3-6,8-11H2,(H,26,29)(H,27,30)/t14-,16-,18+,20+/m1/s1. The van der Waals surface area contributed by atoms with E-state index in [1.54, 1.807) is 12.1 Å². The third-order valence-corrected chi connectivity index (χ3v) is 6.26. The van der Waals surface area contributed by atoms with Gasteiger partial charge in [-0.3, -0.25) is 9.59 Å². The van der Waals surface area contributed by atoms with E-state index in [4.69, 9.17) is 14.2 Å². The van der Waals surface area contributed by atoms with E-state index in [1.807, 2.05) is 11.4 Å². The number of carbonyl (C=O) groups excluding carboxylic acids is 2. The number of carbonyl (C=O) groups is 2. The Morgan fingerprint density at radius 1 is 1.18 bits per heavy atom. The molecule has 0 spiro atoms. The highest BCUT2D eigenvalue weighted by atomic mass is 19.4. The lowest BCUT2D eigenvalue weighted by molar-refractivity contribution is -0.149. The van der Waals surface area contributed by atoms with Gasteiger partial charge >= 0.3 is 6.18 Å². The fourth-order valence-electron chi connectivity index (χ4n) is 4.65. The Hall–Kier alpha value is -2.37.